The quantitative estimate of drug-likeness (QED) is 0.731. The molecule has 0 amide bonds. The van der Waals surface area contributed by atoms with Gasteiger partial charge in [0.1, 0.15) is 0 Å². The lowest BCUT2D eigenvalue weighted by Crippen LogP contribution is -2.58. The van der Waals surface area contributed by atoms with E-state index in [9.17, 15) is 0 Å². The van der Waals surface area contributed by atoms with Gasteiger partial charge in [0.2, 0.25) is 0 Å². The van der Waals surface area contributed by atoms with Gasteiger partial charge in [-0.15, -0.1) is 0 Å². The minimum Gasteiger partial charge on any atom is -0.314 e. The minimum absolute atomic E-state index is 0.337. The molecule has 0 unspecified atom stereocenters. The fourth-order valence-electron chi connectivity index (χ4n) is 1.91. The van der Waals surface area contributed by atoms with Crippen molar-refractivity contribution in [2.24, 2.45) is 5.41 Å². The summed E-state index contributed by atoms with van der Waals surface area (Å²) in [5.74, 6) is 0. The molecule has 1 rings (SSSR count). The maximum absolute atomic E-state index is 3.46. The average molecular weight is 198 g/mol. The largest absolute Gasteiger partial charge is 0.314 e. The van der Waals surface area contributed by atoms with Crippen molar-refractivity contribution in [2.45, 2.75) is 46.6 Å². The molecule has 1 heterocycles. The second-order valence-electron chi connectivity index (χ2n) is 6.29. The highest BCUT2D eigenvalue weighted by Gasteiger charge is 2.29. The summed E-state index contributed by atoms with van der Waals surface area (Å²) in [6.07, 6.45) is 1.29. The van der Waals surface area contributed by atoms with Gasteiger partial charge >= 0.3 is 0 Å². The molecule has 2 nitrogen and oxygen atoms in total. The number of nitrogens with one attached hydrogen (secondary N) is 1. The zero-order valence-electron chi connectivity index (χ0n) is 10.5. The van der Waals surface area contributed by atoms with E-state index in [1.165, 1.54) is 19.5 Å². The van der Waals surface area contributed by atoms with E-state index < -0.39 is 0 Å². The fourth-order valence-corrected chi connectivity index (χ4v) is 1.91. The topological polar surface area (TPSA) is 15.3 Å². The molecule has 2 heteroatoms. The standard InChI is InChI=1S/C12H26N2/c1-11(2,3)6-8-14-9-7-13-10-12(14,4)5/h13H,6-10H2,1-5H3. The molecule has 0 aliphatic carbocycles. The van der Waals surface area contributed by atoms with Gasteiger partial charge in [-0.1, -0.05) is 20.8 Å². The van der Waals surface area contributed by atoms with Crippen LogP contribution in [-0.2, 0) is 0 Å². The van der Waals surface area contributed by atoms with Gasteiger partial charge in [-0.05, 0) is 32.2 Å². The molecule has 0 aromatic heterocycles. The summed E-state index contributed by atoms with van der Waals surface area (Å²) in [7, 11) is 0. The van der Waals surface area contributed by atoms with Gasteiger partial charge < -0.3 is 5.32 Å². The lowest BCUT2D eigenvalue weighted by Gasteiger charge is -2.43. The van der Waals surface area contributed by atoms with E-state index in [-0.39, 0.29) is 0 Å². The third kappa shape index (κ3) is 3.58. The molecule has 1 fully saturated rings. The fraction of sp³-hybridized carbons (Fsp3) is 1.00. The minimum atomic E-state index is 0.337. The summed E-state index contributed by atoms with van der Waals surface area (Å²) in [6, 6.07) is 0. The first-order valence-electron chi connectivity index (χ1n) is 5.77. The maximum atomic E-state index is 3.46. The van der Waals surface area contributed by atoms with Crippen molar-refractivity contribution in [1.29, 1.82) is 0 Å². The van der Waals surface area contributed by atoms with Crippen molar-refractivity contribution in [2.75, 3.05) is 26.2 Å². The smallest absolute Gasteiger partial charge is 0.0278 e. The van der Waals surface area contributed by atoms with Gasteiger partial charge in [-0.2, -0.15) is 0 Å². The van der Waals surface area contributed by atoms with E-state index in [0.29, 0.717) is 11.0 Å². The van der Waals surface area contributed by atoms with Crippen LogP contribution in [0.25, 0.3) is 0 Å². The lowest BCUT2D eigenvalue weighted by atomic mass is 9.90. The SMILES string of the molecule is CC(C)(C)CCN1CCNCC1(C)C. The van der Waals surface area contributed by atoms with Crippen molar-refractivity contribution < 1.29 is 0 Å². The van der Waals surface area contributed by atoms with Crippen LogP contribution in [0, 0.1) is 5.41 Å². The van der Waals surface area contributed by atoms with Crippen LogP contribution >= 0.6 is 0 Å². The molecule has 14 heavy (non-hydrogen) atoms. The summed E-state index contributed by atoms with van der Waals surface area (Å²) in [6.45, 7) is 16.3. The summed E-state index contributed by atoms with van der Waals surface area (Å²) in [4.78, 5) is 2.62. The van der Waals surface area contributed by atoms with Crippen molar-refractivity contribution in [3.8, 4) is 0 Å². The van der Waals surface area contributed by atoms with Gasteiger partial charge in [0.15, 0.2) is 0 Å². The van der Waals surface area contributed by atoms with Gasteiger partial charge in [-0.3, -0.25) is 4.90 Å². The van der Waals surface area contributed by atoms with E-state index in [1.54, 1.807) is 0 Å². The molecule has 0 aromatic carbocycles. The Bertz CT molecular complexity index is 179. The molecule has 0 bridgehead atoms. The third-order valence-electron chi connectivity index (χ3n) is 3.10. The molecular formula is C12H26N2. The summed E-state index contributed by atoms with van der Waals surface area (Å²) in [5.41, 5.74) is 0.796. The summed E-state index contributed by atoms with van der Waals surface area (Å²) < 4.78 is 0. The number of rotatable bonds is 2. The first-order valence-corrected chi connectivity index (χ1v) is 5.77. The van der Waals surface area contributed by atoms with E-state index in [2.05, 4.69) is 44.8 Å². The van der Waals surface area contributed by atoms with Crippen molar-refractivity contribution in [3.63, 3.8) is 0 Å². The van der Waals surface area contributed by atoms with Gasteiger partial charge in [-0.25, -0.2) is 0 Å². The lowest BCUT2D eigenvalue weighted by molar-refractivity contribution is 0.0782. The highest BCUT2D eigenvalue weighted by Crippen LogP contribution is 2.23. The van der Waals surface area contributed by atoms with E-state index >= 15 is 0 Å². The van der Waals surface area contributed by atoms with Crippen LogP contribution in [-0.4, -0.2) is 36.6 Å². The molecule has 1 saturated heterocycles. The number of hydrogen-bond acceptors (Lipinski definition) is 2. The van der Waals surface area contributed by atoms with Crippen molar-refractivity contribution >= 4 is 0 Å². The van der Waals surface area contributed by atoms with E-state index in [0.717, 1.165) is 13.1 Å². The molecule has 0 aromatic rings. The highest BCUT2D eigenvalue weighted by atomic mass is 15.2. The first kappa shape index (κ1) is 12.0. The summed E-state index contributed by atoms with van der Waals surface area (Å²) >= 11 is 0. The Kier molecular flexibility index (Phi) is 3.59. The predicted molar refractivity (Wildman–Crippen MR) is 62.6 cm³/mol. The summed E-state index contributed by atoms with van der Waals surface area (Å²) in [5, 5.41) is 3.46. The van der Waals surface area contributed by atoms with Crippen molar-refractivity contribution in [1.82, 2.24) is 10.2 Å². The molecule has 84 valence electrons. The molecule has 1 N–H and O–H groups in total. The number of nitrogens with zero attached hydrogens (tertiary/aromatic N) is 1. The molecule has 1 aliphatic heterocycles. The third-order valence-corrected chi connectivity index (χ3v) is 3.10. The van der Waals surface area contributed by atoms with Crippen LogP contribution in [0.3, 0.4) is 0 Å². The Balaban J connectivity index is 2.42. The normalized spacial score (nSPS) is 23.8. The van der Waals surface area contributed by atoms with Crippen LogP contribution in [0.5, 0.6) is 0 Å². The molecule has 1 aliphatic rings. The van der Waals surface area contributed by atoms with Crippen molar-refractivity contribution in [3.05, 3.63) is 0 Å². The van der Waals surface area contributed by atoms with Crippen LogP contribution in [0.1, 0.15) is 41.0 Å². The van der Waals surface area contributed by atoms with Crippen LogP contribution in [0.4, 0.5) is 0 Å². The van der Waals surface area contributed by atoms with Crippen LogP contribution in [0.2, 0.25) is 0 Å². The van der Waals surface area contributed by atoms with Crippen LogP contribution < -0.4 is 5.32 Å². The Labute approximate surface area is 89.1 Å². The molecular weight excluding hydrogens is 172 g/mol. The Morgan fingerprint density at radius 2 is 1.93 bits per heavy atom. The number of piperazine rings is 1. The highest BCUT2D eigenvalue weighted by molar-refractivity contribution is 4.88. The Morgan fingerprint density at radius 1 is 1.29 bits per heavy atom. The van der Waals surface area contributed by atoms with Gasteiger partial charge in [0, 0.05) is 25.2 Å². The monoisotopic (exact) mass is 198 g/mol. The zero-order chi connectivity index (χ0) is 10.8. The van der Waals surface area contributed by atoms with E-state index in [4.69, 9.17) is 0 Å². The second-order valence-corrected chi connectivity index (χ2v) is 6.29. The predicted octanol–water partition coefficient (Wildman–Crippen LogP) is 2.11. The number of hydrogen-bond donors (Lipinski definition) is 1. The average Bonchev–Trinajstić information content (AvgIpc) is 2.00. The van der Waals surface area contributed by atoms with Crippen LogP contribution in [0.15, 0.2) is 0 Å². The molecule has 0 spiro atoms. The molecule has 0 atom stereocenters. The maximum Gasteiger partial charge on any atom is 0.0278 e. The van der Waals surface area contributed by atoms with Gasteiger partial charge in [0.05, 0.1) is 0 Å². The Hall–Kier alpha value is -0.0800. The van der Waals surface area contributed by atoms with E-state index in [1.807, 2.05) is 0 Å². The molecule has 0 radical (unpaired) electrons. The molecule has 0 saturated carbocycles. The first-order chi connectivity index (χ1) is 6.31. The second kappa shape index (κ2) is 4.19. The van der Waals surface area contributed by atoms with Gasteiger partial charge in [0.25, 0.3) is 0 Å². The Morgan fingerprint density at radius 3 is 2.43 bits per heavy atom. The zero-order valence-corrected chi connectivity index (χ0v) is 10.5.